The van der Waals surface area contributed by atoms with E-state index in [0.29, 0.717) is 17.5 Å². The summed E-state index contributed by atoms with van der Waals surface area (Å²) in [5.74, 6) is 1.83. The van der Waals surface area contributed by atoms with Gasteiger partial charge in [-0.3, -0.25) is 0 Å². The Bertz CT molecular complexity index is 3230. The number of hydrogen-bond acceptors (Lipinski definition) is 5. The number of rotatable bonds is 6. The topological polar surface area (TPSA) is 51.8 Å². The summed E-state index contributed by atoms with van der Waals surface area (Å²) in [6.45, 7) is 0. The summed E-state index contributed by atoms with van der Waals surface area (Å²) in [6, 6.07) is 65.6. The minimum absolute atomic E-state index is 0.596. The van der Waals surface area contributed by atoms with Gasteiger partial charge in [-0.1, -0.05) is 164 Å². The van der Waals surface area contributed by atoms with E-state index in [1.165, 1.54) is 42.4 Å². The predicted molar refractivity (Wildman–Crippen MR) is 233 cm³/mol. The van der Waals surface area contributed by atoms with Gasteiger partial charge in [0.1, 0.15) is 11.2 Å². The maximum atomic E-state index is 6.53. The molecule has 0 saturated carbocycles. The molecule has 0 atom stereocenters. The summed E-state index contributed by atoms with van der Waals surface area (Å²) in [7, 11) is 0. The van der Waals surface area contributed by atoms with Crippen molar-refractivity contribution in [3.05, 3.63) is 188 Å². The molecule has 3 aromatic heterocycles. The van der Waals surface area contributed by atoms with Gasteiger partial charge in [-0.15, -0.1) is 11.3 Å². The monoisotopic (exact) mass is 733 g/mol. The lowest BCUT2D eigenvalue weighted by Crippen LogP contribution is -2.00. The molecule has 56 heavy (non-hydrogen) atoms. The Kier molecular flexibility index (Phi) is 7.64. The molecule has 0 spiro atoms. The lowest BCUT2D eigenvalue weighted by atomic mass is 9.94. The van der Waals surface area contributed by atoms with Crippen molar-refractivity contribution in [1.82, 2.24) is 15.0 Å². The third kappa shape index (κ3) is 5.48. The van der Waals surface area contributed by atoms with E-state index in [-0.39, 0.29) is 0 Å². The molecule has 11 aromatic rings. The molecule has 3 heterocycles. The Morgan fingerprint density at radius 3 is 1.66 bits per heavy atom. The predicted octanol–water partition coefficient (Wildman–Crippen LogP) is 14.1. The van der Waals surface area contributed by atoms with Crippen LogP contribution in [0.15, 0.2) is 192 Å². The maximum absolute atomic E-state index is 6.53. The van der Waals surface area contributed by atoms with Gasteiger partial charge in [0, 0.05) is 47.6 Å². The van der Waals surface area contributed by atoms with Crippen LogP contribution in [0.2, 0.25) is 0 Å². The fourth-order valence-electron chi connectivity index (χ4n) is 7.88. The Balaban J connectivity index is 1.09. The molecule has 0 N–H and O–H groups in total. The summed E-state index contributed by atoms with van der Waals surface area (Å²) >= 11 is 1.85. The van der Waals surface area contributed by atoms with Gasteiger partial charge in [-0.05, 0) is 57.6 Å². The first kappa shape index (κ1) is 32.2. The fourth-order valence-corrected chi connectivity index (χ4v) is 9.14. The van der Waals surface area contributed by atoms with E-state index in [1.54, 1.807) is 0 Å². The number of fused-ring (bicyclic) bond motifs is 6. The normalized spacial score (nSPS) is 11.6. The molecule has 262 valence electrons. The number of furan rings is 1. The molecule has 0 aliphatic rings. The second-order valence-electron chi connectivity index (χ2n) is 13.9. The van der Waals surface area contributed by atoms with E-state index in [9.17, 15) is 0 Å². The number of benzene rings is 8. The Labute approximate surface area is 327 Å². The van der Waals surface area contributed by atoms with Gasteiger partial charge in [0.25, 0.3) is 0 Å². The number of nitrogens with zero attached hydrogens (tertiary/aromatic N) is 3. The van der Waals surface area contributed by atoms with Crippen LogP contribution >= 0.6 is 11.3 Å². The molecule has 0 aliphatic carbocycles. The van der Waals surface area contributed by atoms with Crippen LogP contribution in [0, 0.1) is 0 Å². The van der Waals surface area contributed by atoms with Gasteiger partial charge in [0.2, 0.25) is 0 Å². The van der Waals surface area contributed by atoms with Crippen molar-refractivity contribution in [1.29, 1.82) is 0 Å². The molecule has 0 saturated heterocycles. The van der Waals surface area contributed by atoms with Crippen molar-refractivity contribution >= 4 is 53.4 Å². The van der Waals surface area contributed by atoms with Crippen LogP contribution in [0.5, 0.6) is 0 Å². The molecule has 0 fully saturated rings. The maximum Gasteiger partial charge on any atom is 0.164 e. The second-order valence-corrected chi connectivity index (χ2v) is 15.0. The Morgan fingerprint density at radius 1 is 0.339 bits per heavy atom. The van der Waals surface area contributed by atoms with Crippen LogP contribution in [0.4, 0.5) is 0 Å². The molecule has 0 unspecified atom stereocenters. The van der Waals surface area contributed by atoms with Crippen molar-refractivity contribution in [3.63, 3.8) is 0 Å². The number of thiophene rings is 1. The van der Waals surface area contributed by atoms with Crippen molar-refractivity contribution in [2.24, 2.45) is 0 Å². The van der Waals surface area contributed by atoms with Crippen LogP contribution in [0.25, 0.3) is 110 Å². The van der Waals surface area contributed by atoms with Crippen molar-refractivity contribution < 1.29 is 4.42 Å². The summed E-state index contributed by atoms with van der Waals surface area (Å²) in [5, 5.41) is 4.56. The molecular formula is C51H31N3OS. The highest BCUT2D eigenvalue weighted by atomic mass is 32.1. The number of hydrogen-bond donors (Lipinski definition) is 0. The third-order valence-electron chi connectivity index (χ3n) is 10.6. The van der Waals surface area contributed by atoms with Gasteiger partial charge in [-0.25, -0.2) is 15.0 Å². The molecular weight excluding hydrogens is 703 g/mol. The van der Waals surface area contributed by atoms with Gasteiger partial charge in [0.15, 0.2) is 17.5 Å². The largest absolute Gasteiger partial charge is 0.456 e. The van der Waals surface area contributed by atoms with Crippen LogP contribution in [-0.4, -0.2) is 15.0 Å². The van der Waals surface area contributed by atoms with E-state index < -0.39 is 0 Å². The van der Waals surface area contributed by atoms with Crippen LogP contribution < -0.4 is 0 Å². The molecule has 8 aromatic carbocycles. The van der Waals surface area contributed by atoms with E-state index in [0.717, 1.165) is 49.8 Å². The Morgan fingerprint density at radius 2 is 0.911 bits per heavy atom. The molecule has 0 amide bonds. The van der Waals surface area contributed by atoms with Crippen molar-refractivity contribution in [2.75, 3.05) is 0 Å². The smallest absolute Gasteiger partial charge is 0.164 e. The summed E-state index contributed by atoms with van der Waals surface area (Å²) in [5.41, 5.74) is 11.4. The molecule has 0 radical (unpaired) electrons. The highest BCUT2D eigenvalue weighted by Gasteiger charge is 2.20. The zero-order valence-electron chi connectivity index (χ0n) is 30.1. The SMILES string of the molecule is c1ccc(-c2ccc(-c3nc(-c4ccccc4)nc(-c4cccc5oc6ccc(-c7ccc(-c8ccccc8)c8c7sc7ccccc78)cc6c45)n3)cc2)cc1. The Hall–Kier alpha value is -7.21. The van der Waals surface area contributed by atoms with Gasteiger partial charge >= 0.3 is 0 Å². The highest BCUT2D eigenvalue weighted by Crippen LogP contribution is 2.46. The molecule has 5 heteroatoms. The first-order chi connectivity index (χ1) is 27.7. The molecule has 0 bridgehead atoms. The van der Waals surface area contributed by atoms with Crippen molar-refractivity contribution in [2.45, 2.75) is 0 Å². The van der Waals surface area contributed by atoms with Gasteiger partial charge < -0.3 is 4.42 Å². The summed E-state index contributed by atoms with van der Waals surface area (Å²) in [6.07, 6.45) is 0. The minimum Gasteiger partial charge on any atom is -0.456 e. The van der Waals surface area contributed by atoms with Gasteiger partial charge in [0.05, 0.1) is 0 Å². The van der Waals surface area contributed by atoms with E-state index in [2.05, 4.69) is 140 Å². The first-order valence-electron chi connectivity index (χ1n) is 18.7. The molecule has 0 aliphatic heterocycles. The lowest BCUT2D eigenvalue weighted by Gasteiger charge is -2.11. The first-order valence-corrected chi connectivity index (χ1v) is 19.5. The standard InChI is InChI=1S/C51H31N3OS/c1-4-13-32(14-5-1)33-23-25-36(26-24-33)50-52-49(35-17-8-3-9-18-35)53-51(54-50)41-20-12-21-44-46(41)42-31-37(27-30-43(42)55-44)39-29-28-38(34-15-6-2-7-16-34)47-40-19-10-11-22-45(40)56-48(39)47/h1-31H. The second kappa shape index (κ2) is 13.3. The van der Waals surface area contributed by atoms with Gasteiger partial charge in [-0.2, -0.15) is 0 Å². The van der Waals surface area contributed by atoms with Crippen LogP contribution in [0.3, 0.4) is 0 Å². The average Bonchev–Trinajstić information content (AvgIpc) is 3.86. The average molecular weight is 734 g/mol. The number of aromatic nitrogens is 3. The fraction of sp³-hybridized carbons (Fsp3) is 0. The van der Waals surface area contributed by atoms with Crippen LogP contribution in [0.1, 0.15) is 0 Å². The minimum atomic E-state index is 0.596. The lowest BCUT2D eigenvalue weighted by molar-refractivity contribution is 0.669. The highest BCUT2D eigenvalue weighted by molar-refractivity contribution is 7.26. The summed E-state index contributed by atoms with van der Waals surface area (Å²) in [4.78, 5) is 15.3. The summed E-state index contributed by atoms with van der Waals surface area (Å²) < 4.78 is 9.08. The quantitative estimate of drug-likeness (QED) is 0.171. The van der Waals surface area contributed by atoms with E-state index >= 15 is 0 Å². The molecule has 11 rings (SSSR count). The van der Waals surface area contributed by atoms with Crippen LogP contribution in [-0.2, 0) is 0 Å². The van der Waals surface area contributed by atoms with Crippen molar-refractivity contribution in [3.8, 4) is 67.5 Å². The molecule has 4 nitrogen and oxygen atoms in total. The zero-order chi connectivity index (χ0) is 37.0. The zero-order valence-corrected chi connectivity index (χ0v) is 30.9. The van der Waals surface area contributed by atoms with E-state index in [1.807, 2.05) is 59.9 Å². The van der Waals surface area contributed by atoms with E-state index in [4.69, 9.17) is 19.4 Å². The third-order valence-corrected chi connectivity index (χ3v) is 11.8.